The van der Waals surface area contributed by atoms with Crippen molar-refractivity contribution in [1.82, 2.24) is 58.0 Å². The number of hydrogen-bond donors (Lipinski definition) is 7. The van der Waals surface area contributed by atoms with Crippen LogP contribution in [0.4, 0.5) is 17.6 Å². The third-order valence-electron chi connectivity index (χ3n) is 28.1. The monoisotopic (exact) mass is 2120 g/mol. The number of ether oxygens (including phenoxy) is 9. The molecule has 0 radical (unpaired) electrons. The van der Waals surface area contributed by atoms with Crippen molar-refractivity contribution in [3.8, 4) is 28.7 Å². The molecule has 38 nitrogen and oxygen atoms in total. The molecule has 10 aliphatic heterocycles. The topological polar surface area (TPSA) is 454 Å². The van der Waals surface area contributed by atoms with Gasteiger partial charge in [-0.25, -0.2) is 17.6 Å². The Balaban J connectivity index is 0.000000219. The molecule has 9 unspecified atom stereocenters. The number of aryl methyl sites for hydroxylation is 1. The minimum absolute atomic E-state index is 0. The molecule has 7 N–H and O–H groups in total. The van der Waals surface area contributed by atoms with Crippen molar-refractivity contribution in [3.05, 3.63) is 206 Å². The van der Waals surface area contributed by atoms with E-state index in [1.807, 2.05) is 64.3 Å². The van der Waals surface area contributed by atoms with Gasteiger partial charge in [0.2, 0.25) is 27.1 Å². The highest BCUT2D eigenvalue weighted by Gasteiger charge is 2.58. The zero-order valence-electron chi connectivity index (χ0n) is 79.4. The Kier molecular flexibility index (Phi) is 38.5. The highest BCUT2D eigenvalue weighted by Crippen LogP contribution is 2.53. The summed E-state index contributed by atoms with van der Waals surface area (Å²) in [5, 5.41) is 58.7. The first-order valence-electron chi connectivity index (χ1n) is 45.5. The Morgan fingerprint density at radius 1 is 0.392 bits per heavy atom. The molecule has 0 saturated carbocycles. The molecule has 0 fully saturated rings. The summed E-state index contributed by atoms with van der Waals surface area (Å²) >= 11 is 1.94. The fourth-order valence-electron chi connectivity index (χ4n) is 21.6. The van der Waals surface area contributed by atoms with Crippen LogP contribution in [0.25, 0.3) is 0 Å². The largest absolute Gasteiger partial charge is 0.503 e. The van der Waals surface area contributed by atoms with Gasteiger partial charge in [0, 0.05) is 214 Å². The molecule has 788 valence electrons. The van der Waals surface area contributed by atoms with E-state index in [9.17, 15) is 101 Å². The van der Waals surface area contributed by atoms with Crippen LogP contribution in [0.5, 0.6) is 28.7 Å². The summed E-state index contributed by atoms with van der Waals surface area (Å²) in [5.41, 5.74) is -4.12. The summed E-state index contributed by atoms with van der Waals surface area (Å²) in [6.07, 6.45) is 1.75. The zero-order valence-corrected chi connectivity index (χ0v) is 81.6. The van der Waals surface area contributed by atoms with Crippen LogP contribution < -0.4 is 56.7 Å². The number of carbonyl (C=O) groups excluding carboxylic acids is 7. The zero-order chi connectivity index (χ0) is 101. The number of nitrogens with one attached hydrogen (secondary N) is 2. The number of aliphatic hydroxyl groups excluding tert-OH is 4. The van der Waals surface area contributed by atoms with Crippen LogP contribution in [0.15, 0.2) is 72.5 Å². The van der Waals surface area contributed by atoms with E-state index in [4.69, 9.17) is 42.6 Å². The summed E-state index contributed by atoms with van der Waals surface area (Å²) in [6.45, 7) is 15.4. The Morgan fingerprint density at radius 3 is 1.07 bits per heavy atom. The molecule has 17 rings (SSSR count). The van der Waals surface area contributed by atoms with Gasteiger partial charge in [0.05, 0.1) is 107 Å². The average Bonchev–Trinajstić information content (AvgIpc) is 1.54. The molecule has 0 saturated heterocycles. The molecule has 0 bridgehead atoms. The lowest BCUT2D eigenvalue weighted by atomic mass is 9.89. The second-order valence-electron chi connectivity index (χ2n) is 35.7. The van der Waals surface area contributed by atoms with Crippen LogP contribution in [0.1, 0.15) is 273 Å². The second-order valence-corrected chi connectivity index (χ2v) is 36.8. The van der Waals surface area contributed by atoms with Crippen molar-refractivity contribution in [2.45, 2.75) is 208 Å². The van der Waals surface area contributed by atoms with Crippen molar-refractivity contribution in [2.75, 3.05) is 162 Å². The average molecular weight is 2130 g/mol. The van der Waals surface area contributed by atoms with E-state index in [0.29, 0.717) is 150 Å². The lowest BCUT2D eigenvalue weighted by Crippen LogP contribution is -2.54. The summed E-state index contributed by atoms with van der Waals surface area (Å²) in [4.78, 5) is 163. The Labute approximate surface area is 841 Å². The van der Waals surface area contributed by atoms with Crippen molar-refractivity contribution in [1.29, 1.82) is 0 Å². The number of aliphatic hydroxyl groups is 4. The van der Waals surface area contributed by atoms with Gasteiger partial charge in [-0.05, 0) is 114 Å². The minimum Gasteiger partial charge on any atom is -0.503 e. The van der Waals surface area contributed by atoms with Crippen LogP contribution in [-0.2, 0) is 70.9 Å². The van der Waals surface area contributed by atoms with Gasteiger partial charge in [0.1, 0.15) is 34.4 Å². The maximum absolute atomic E-state index is 14.1. The van der Waals surface area contributed by atoms with Gasteiger partial charge in [0.15, 0.2) is 57.2 Å². The van der Waals surface area contributed by atoms with Crippen LogP contribution in [0.3, 0.4) is 0 Å². The van der Waals surface area contributed by atoms with Crippen molar-refractivity contribution < 1.29 is 119 Å². The standard InChI is InChI=1S/C24H27F2N3O6.C23H25F2N3O6.C16H21IN2O5.C16H22N2O5.C16H22N2O4.5CH4/c1-4-28-12-24(7-8-34-2)10-16(30)18-17(20(31)21(35-3)19(23(28)33)29(18)24)22(32)27-11-13-5-6-14(25)9-15(13)26;1-3-27-11-23(6-7-34-2)9-15(29)17-16(19(30)20(31)18(22(27)33)28(17)23)21(32)26-10-12-4-5-13(24)8-14(12)25;1-4-18-8-16(5-6-23-2)7-9(20)11-10(17)13(21)14(24-3)12(15(18)22)19(11)16;1-4-17-9-16(5-6-22-2)8-12(20)10-7-11(19)14(23-3)13(15(17)21)18(10)16;1-4-17-10-16(7-8-21-2)6-5-11-9-12(19)14(22-3)13(15(17)20)18(11)16;;;;;/h5-6,9,16,30H,4,7-8,10-12H2,1-3H3,(H,27,32);4-5,8,15,29,31H,3,6-7,9-11H2,1-2H3,(H,26,32);9,20H,4-8H2,1-3H3;7,12,20H,4-6,8-9H2,1-3H3;9H,4-8,10H2,1-3H3;5*1H4. The number of amides is 7. The third-order valence-corrected chi connectivity index (χ3v) is 29.2. The summed E-state index contributed by atoms with van der Waals surface area (Å²) in [5.74, 6) is -7.61. The number of hydrogen-bond acceptors (Lipinski definition) is 26. The molecule has 143 heavy (non-hydrogen) atoms. The van der Waals surface area contributed by atoms with Gasteiger partial charge in [-0.3, -0.25) is 57.5 Å². The third kappa shape index (κ3) is 20.5. The quantitative estimate of drug-likeness (QED) is 0.0163. The summed E-state index contributed by atoms with van der Waals surface area (Å²) in [7, 11) is 13.5. The molecule has 9 atom stereocenters. The van der Waals surface area contributed by atoms with E-state index < -0.39 is 116 Å². The molecule has 2 aromatic carbocycles. The number of halogens is 5. The van der Waals surface area contributed by atoms with E-state index in [2.05, 4.69) is 15.2 Å². The lowest BCUT2D eigenvalue weighted by Gasteiger charge is -2.43. The molecule has 0 spiro atoms. The maximum atomic E-state index is 14.1. The number of pyridine rings is 5. The van der Waals surface area contributed by atoms with Crippen LogP contribution in [0.2, 0.25) is 0 Å². The molecule has 15 heterocycles. The first-order valence-corrected chi connectivity index (χ1v) is 46.6. The summed E-state index contributed by atoms with van der Waals surface area (Å²) < 4.78 is 111. The number of aromatic nitrogens is 5. The Bertz CT molecular complexity index is 6290. The fourth-order valence-corrected chi connectivity index (χ4v) is 22.5. The number of aromatic hydroxyl groups is 1. The highest BCUT2D eigenvalue weighted by atomic mass is 127. The van der Waals surface area contributed by atoms with E-state index in [1.54, 1.807) is 53.6 Å². The van der Waals surface area contributed by atoms with Crippen molar-refractivity contribution in [3.63, 3.8) is 0 Å². The van der Waals surface area contributed by atoms with Crippen molar-refractivity contribution >= 4 is 63.9 Å². The van der Waals surface area contributed by atoms with Crippen LogP contribution >= 0.6 is 22.6 Å². The number of methoxy groups -OCH3 is 9. The Hall–Kier alpha value is -11.4. The lowest BCUT2D eigenvalue weighted by molar-refractivity contribution is 0.0425. The van der Waals surface area contributed by atoms with Crippen LogP contribution in [0, 0.1) is 26.8 Å². The predicted octanol–water partition coefficient (Wildman–Crippen LogP) is 8.92. The molecular weight excluding hydrogens is 1990 g/mol. The summed E-state index contributed by atoms with van der Waals surface area (Å²) in [6, 6.07) is 8.79. The molecular formula is C100H137F4IN12O26. The van der Waals surface area contributed by atoms with E-state index in [1.165, 1.54) is 64.3 Å². The number of benzene rings is 2. The number of likely N-dealkylation sites (N-methyl/N-ethyl adjacent to an activating group) is 5. The SMILES string of the molecule is C.C.C.C.C.CCN1CC2(CCOC)CC(O)c3c(C(=O)NCc4ccc(F)cc4F)c(=O)c(O)c(n32)C1=O.CCN1CC2(CCOC)CC(O)c3c(C(=O)NCc4ccc(F)cc4F)c(=O)c(OC)c(n32)C1=O.CCN1CC2(CCOC)CC(O)c3c(I)c(=O)c(OC)c(n32)C1=O.CCN1CC2(CCOC)CC(O)c3cc(=O)c(OC)c(n32)C1=O.CCN1CC2(CCOC)CCc3cc(=O)c(OC)c(n32)C1=O. The highest BCUT2D eigenvalue weighted by molar-refractivity contribution is 14.1. The normalized spacial score (nSPS) is 21.9. The predicted molar refractivity (Wildman–Crippen MR) is 530 cm³/mol. The van der Waals surface area contributed by atoms with Gasteiger partial charge in [-0.15, -0.1) is 0 Å². The number of rotatable bonds is 30. The molecule has 7 amide bonds. The van der Waals surface area contributed by atoms with Gasteiger partial charge in [-0.1, -0.05) is 49.3 Å². The smallest absolute Gasteiger partial charge is 0.274 e. The number of carbonyl (C=O) groups is 7. The van der Waals surface area contributed by atoms with E-state index >= 15 is 0 Å². The maximum Gasteiger partial charge on any atom is 0.274 e. The minimum atomic E-state index is -1.27. The molecule has 7 aromatic rings. The molecule has 5 aromatic heterocycles. The molecule has 0 aliphatic carbocycles. The first-order chi connectivity index (χ1) is 65.8. The second kappa shape index (κ2) is 47.2. The van der Waals surface area contributed by atoms with Gasteiger partial charge in [0.25, 0.3) is 41.4 Å². The molecule has 10 aliphatic rings. The molecule has 43 heteroatoms. The van der Waals surface area contributed by atoms with Crippen molar-refractivity contribution in [2.24, 2.45) is 0 Å². The Morgan fingerprint density at radius 2 is 0.699 bits per heavy atom. The first kappa shape index (κ1) is 117. The van der Waals surface area contributed by atoms with Gasteiger partial charge in [-0.2, -0.15) is 0 Å². The fraction of sp³-hybridized carbons (Fsp3) is 0.560. The van der Waals surface area contributed by atoms with Gasteiger partial charge >= 0.3 is 0 Å². The van der Waals surface area contributed by atoms with Gasteiger partial charge < -0.3 is 126 Å². The van der Waals surface area contributed by atoms with E-state index in [0.717, 1.165) is 43.2 Å². The van der Waals surface area contributed by atoms with Crippen LogP contribution in [-0.4, -0.2) is 277 Å². The van der Waals surface area contributed by atoms with E-state index in [-0.39, 0.29) is 196 Å². The number of nitrogens with zero attached hydrogens (tertiary/aromatic N) is 10.